The molecule has 0 unspecified atom stereocenters. The highest BCUT2D eigenvalue weighted by Crippen LogP contribution is 2.09. The first-order chi connectivity index (χ1) is 13.2. The maximum absolute atomic E-state index is 12.1. The zero-order chi connectivity index (χ0) is 18.9. The fourth-order valence-corrected chi connectivity index (χ4v) is 3.18. The molecular weight excluding hydrogens is 465 g/mol. The first kappa shape index (κ1) is 22.2. The Balaban J connectivity index is 0.00000280. The summed E-state index contributed by atoms with van der Waals surface area (Å²) < 4.78 is 0. The van der Waals surface area contributed by atoms with Crippen LogP contribution in [0.4, 0.5) is 5.69 Å². The van der Waals surface area contributed by atoms with Crippen LogP contribution in [-0.2, 0) is 11.3 Å². The van der Waals surface area contributed by atoms with E-state index in [2.05, 4.69) is 49.7 Å². The van der Waals surface area contributed by atoms with Gasteiger partial charge < -0.3 is 15.5 Å². The Labute approximate surface area is 184 Å². The number of amides is 1. The lowest BCUT2D eigenvalue weighted by atomic mass is 10.2. The Morgan fingerprint density at radius 1 is 0.964 bits per heavy atom. The van der Waals surface area contributed by atoms with Gasteiger partial charge in [-0.3, -0.25) is 14.7 Å². The largest absolute Gasteiger partial charge is 0.347 e. The Bertz CT molecular complexity index is 746. The third-order valence-corrected chi connectivity index (χ3v) is 4.60. The van der Waals surface area contributed by atoms with Crippen LogP contribution in [0.3, 0.4) is 0 Å². The van der Waals surface area contributed by atoms with Crippen molar-refractivity contribution < 1.29 is 4.79 Å². The Morgan fingerprint density at radius 3 is 2.18 bits per heavy atom. The molecule has 2 aromatic rings. The molecule has 0 bridgehead atoms. The monoisotopic (exact) mass is 493 g/mol. The molecule has 0 aliphatic carbocycles. The second-order valence-electron chi connectivity index (χ2n) is 6.56. The minimum Gasteiger partial charge on any atom is -0.347 e. The standard InChI is InChI=1S/C21H27N5O.HI/c1-22-21(23-16-20(27)24-19-10-6-3-7-11-19)26-14-12-25(13-15-26)17-18-8-4-2-5-9-18;/h2-11H,12-17H2,1H3,(H,22,23)(H,24,27);1H. The molecule has 1 aliphatic heterocycles. The molecule has 28 heavy (non-hydrogen) atoms. The third kappa shape index (κ3) is 6.79. The molecule has 6 nitrogen and oxygen atoms in total. The smallest absolute Gasteiger partial charge is 0.243 e. The molecule has 1 heterocycles. The van der Waals surface area contributed by atoms with Crippen LogP contribution in [0.25, 0.3) is 0 Å². The number of piperazine rings is 1. The average molecular weight is 493 g/mol. The number of hydrogen-bond donors (Lipinski definition) is 2. The van der Waals surface area contributed by atoms with Crippen LogP contribution in [0.2, 0.25) is 0 Å². The van der Waals surface area contributed by atoms with Gasteiger partial charge in [-0.05, 0) is 17.7 Å². The Hall–Kier alpha value is -2.13. The summed E-state index contributed by atoms with van der Waals surface area (Å²) in [5, 5.41) is 6.04. The fourth-order valence-electron chi connectivity index (χ4n) is 3.18. The van der Waals surface area contributed by atoms with Crippen LogP contribution in [0.1, 0.15) is 5.56 Å². The summed E-state index contributed by atoms with van der Waals surface area (Å²) in [4.78, 5) is 21.1. The normalized spacial score (nSPS) is 14.9. The van der Waals surface area contributed by atoms with E-state index in [9.17, 15) is 4.79 Å². The van der Waals surface area contributed by atoms with Gasteiger partial charge in [0.15, 0.2) is 5.96 Å². The summed E-state index contributed by atoms with van der Waals surface area (Å²) in [6, 6.07) is 20.0. The van der Waals surface area contributed by atoms with Crippen LogP contribution in [0.15, 0.2) is 65.7 Å². The van der Waals surface area contributed by atoms with Gasteiger partial charge in [0.2, 0.25) is 5.91 Å². The molecule has 150 valence electrons. The number of para-hydroxylation sites is 1. The topological polar surface area (TPSA) is 60.0 Å². The van der Waals surface area contributed by atoms with E-state index in [4.69, 9.17) is 0 Å². The minimum atomic E-state index is -0.0786. The average Bonchev–Trinajstić information content (AvgIpc) is 2.71. The molecule has 1 saturated heterocycles. The molecule has 1 fully saturated rings. The van der Waals surface area contributed by atoms with E-state index in [0.29, 0.717) is 0 Å². The first-order valence-corrected chi connectivity index (χ1v) is 9.31. The lowest BCUT2D eigenvalue weighted by Gasteiger charge is -2.36. The van der Waals surface area contributed by atoms with Gasteiger partial charge in [0.1, 0.15) is 0 Å². The molecule has 0 saturated carbocycles. The number of anilines is 1. The maximum Gasteiger partial charge on any atom is 0.243 e. The lowest BCUT2D eigenvalue weighted by Crippen LogP contribution is -2.53. The fraction of sp³-hybridized carbons (Fsp3) is 0.333. The van der Waals surface area contributed by atoms with Gasteiger partial charge >= 0.3 is 0 Å². The summed E-state index contributed by atoms with van der Waals surface area (Å²) in [7, 11) is 1.76. The summed E-state index contributed by atoms with van der Waals surface area (Å²) in [5.74, 6) is 0.697. The number of aliphatic imine (C=N–C) groups is 1. The quantitative estimate of drug-likeness (QED) is 0.382. The van der Waals surface area contributed by atoms with E-state index in [1.54, 1.807) is 7.05 Å². The second kappa shape index (κ2) is 11.7. The maximum atomic E-state index is 12.1. The van der Waals surface area contributed by atoms with E-state index in [1.165, 1.54) is 5.56 Å². The van der Waals surface area contributed by atoms with Crippen molar-refractivity contribution in [3.63, 3.8) is 0 Å². The van der Waals surface area contributed by atoms with Crippen molar-refractivity contribution in [2.24, 2.45) is 4.99 Å². The number of benzene rings is 2. The second-order valence-corrected chi connectivity index (χ2v) is 6.56. The SMILES string of the molecule is CN=C(NCC(=O)Nc1ccccc1)N1CCN(Cc2ccccc2)CC1.I. The third-order valence-electron chi connectivity index (χ3n) is 4.60. The van der Waals surface area contributed by atoms with Gasteiger partial charge in [0.05, 0.1) is 6.54 Å². The number of carbonyl (C=O) groups is 1. The first-order valence-electron chi connectivity index (χ1n) is 9.31. The predicted octanol–water partition coefficient (Wildman–Crippen LogP) is 2.64. The highest BCUT2D eigenvalue weighted by atomic mass is 127. The van der Waals surface area contributed by atoms with E-state index in [1.807, 2.05) is 36.4 Å². The van der Waals surface area contributed by atoms with Crippen LogP contribution in [0.5, 0.6) is 0 Å². The molecule has 0 radical (unpaired) electrons. The highest BCUT2D eigenvalue weighted by Gasteiger charge is 2.20. The molecule has 0 aromatic heterocycles. The molecule has 0 spiro atoms. The Kier molecular flexibility index (Phi) is 9.22. The highest BCUT2D eigenvalue weighted by molar-refractivity contribution is 14.0. The number of guanidine groups is 1. The summed E-state index contributed by atoms with van der Waals surface area (Å²) in [6.45, 7) is 4.92. The molecule has 0 atom stereocenters. The zero-order valence-electron chi connectivity index (χ0n) is 16.2. The Morgan fingerprint density at radius 2 is 1.57 bits per heavy atom. The van der Waals surface area contributed by atoms with Gasteiger partial charge in [0.25, 0.3) is 0 Å². The van der Waals surface area contributed by atoms with Gasteiger partial charge in [-0.2, -0.15) is 0 Å². The molecule has 1 amide bonds. The summed E-state index contributed by atoms with van der Waals surface area (Å²) >= 11 is 0. The van der Waals surface area contributed by atoms with E-state index < -0.39 is 0 Å². The number of nitrogens with zero attached hydrogens (tertiary/aromatic N) is 3. The molecule has 2 N–H and O–H groups in total. The van der Waals surface area contributed by atoms with Gasteiger partial charge in [-0.1, -0.05) is 48.5 Å². The van der Waals surface area contributed by atoms with E-state index in [0.717, 1.165) is 44.4 Å². The minimum absolute atomic E-state index is 0. The molecule has 7 heteroatoms. The van der Waals surface area contributed by atoms with Crippen molar-refractivity contribution in [2.75, 3.05) is 45.1 Å². The van der Waals surface area contributed by atoms with E-state index in [-0.39, 0.29) is 36.4 Å². The van der Waals surface area contributed by atoms with Crippen molar-refractivity contribution in [1.82, 2.24) is 15.1 Å². The van der Waals surface area contributed by atoms with Crippen molar-refractivity contribution in [2.45, 2.75) is 6.54 Å². The molecule has 3 rings (SSSR count). The zero-order valence-corrected chi connectivity index (χ0v) is 18.5. The number of rotatable bonds is 5. The van der Waals surface area contributed by atoms with Crippen molar-refractivity contribution >= 4 is 41.5 Å². The predicted molar refractivity (Wildman–Crippen MR) is 125 cm³/mol. The van der Waals surface area contributed by atoms with Crippen molar-refractivity contribution in [1.29, 1.82) is 0 Å². The number of nitrogens with one attached hydrogen (secondary N) is 2. The van der Waals surface area contributed by atoms with E-state index >= 15 is 0 Å². The van der Waals surface area contributed by atoms with Crippen molar-refractivity contribution in [3.8, 4) is 0 Å². The number of carbonyl (C=O) groups excluding carboxylic acids is 1. The van der Waals surface area contributed by atoms with Crippen molar-refractivity contribution in [3.05, 3.63) is 66.2 Å². The molecule has 1 aliphatic rings. The van der Waals surface area contributed by atoms with Crippen LogP contribution in [0, 0.1) is 0 Å². The van der Waals surface area contributed by atoms with Gasteiger partial charge in [0, 0.05) is 45.5 Å². The summed E-state index contributed by atoms with van der Waals surface area (Å²) in [6.07, 6.45) is 0. The van der Waals surface area contributed by atoms with Gasteiger partial charge in [-0.15, -0.1) is 24.0 Å². The number of halogens is 1. The van der Waals surface area contributed by atoms with Gasteiger partial charge in [-0.25, -0.2) is 0 Å². The van der Waals surface area contributed by atoms with Crippen LogP contribution < -0.4 is 10.6 Å². The molecule has 2 aromatic carbocycles. The van der Waals surface area contributed by atoms with Crippen LogP contribution in [-0.4, -0.2) is 61.4 Å². The number of hydrogen-bond acceptors (Lipinski definition) is 3. The lowest BCUT2D eigenvalue weighted by molar-refractivity contribution is -0.115. The van der Waals surface area contributed by atoms with Crippen LogP contribution >= 0.6 is 24.0 Å². The molecular formula is C21H28IN5O. The summed E-state index contributed by atoms with van der Waals surface area (Å²) in [5.41, 5.74) is 2.14.